The van der Waals surface area contributed by atoms with Crippen LogP contribution < -0.4 is 10.9 Å². The standard InChI is InChI=1S/C32H40F3N5O3S/c1-21-24-8-7-9-27(28(24)33)32(34,35)17-22-18-39(19-22)12-5-3-2-4-6-13-40-30-26(29(38-21)36-20-37-30)16-25(31(40)41)23-10-14-44(42,43)15-11-23/h7-9,16,20-23H,2-6,10-15,17-19H2,1H3,(H,36,37,38)/t21-/m1/s1. The monoisotopic (exact) mass is 631 g/mol. The molecule has 1 atom stereocenters. The van der Waals surface area contributed by atoms with Gasteiger partial charge >= 0.3 is 0 Å². The van der Waals surface area contributed by atoms with E-state index >= 15 is 13.2 Å². The van der Waals surface area contributed by atoms with E-state index in [1.54, 1.807) is 17.6 Å². The summed E-state index contributed by atoms with van der Waals surface area (Å²) in [4.78, 5) is 24.9. The molecule has 3 aromatic rings. The zero-order valence-corrected chi connectivity index (χ0v) is 25.9. The molecule has 8 nitrogen and oxygen atoms in total. The van der Waals surface area contributed by atoms with Crippen LogP contribution in [0.2, 0.25) is 0 Å². The Bertz CT molecular complexity index is 1680. The summed E-state index contributed by atoms with van der Waals surface area (Å²) < 4.78 is 72.6. The van der Waals surface area contributed by atoms with Crippen LogP contribution in [0, 0.1) is 11.7 Å². The van der Waals surface area contributed by atoms with E-state index in [4.69, 9.17) is 0 Å². The Balaban J connectivity index is 1.40. The number of fused-ring (bicyclic) bond motifs is 8. The molecule has 0 saturated carbocycles. The average molecular weight is 632 g/mol. The molecular formula is C32H40F3N5O3S. The van der Waals surface area contributed by atoms with E-state index in [0.717, 1.165) is 38.6 Å². The molecule has 4 aliphatic heterocycles. The second kappa shape index (κ2) is 12.4. The molecule has 2 aromatic heterocycles. The van der Waals surface area contributed by atoms with Gasteiger partial charge in [0.2, 0.25) is 0 Å². The maximum Gasteiger partial charge on any atom is 0.276 e. The van der Waals surface area contributed by atoms with Crippen molar-refractivity contribution in [2.24, 2.45) is 5.92 Å². The van der Waals surface area contributed by atoms with Gasteiger partial charge in [-0.15, -0.1) is 0 Å². The smallest absolute Gasteiger partial charge is 0.276 e. The van der Waals surface area contributed by atoms with Gasteiger partial charge in [-0.1, -0.05) is 37.5 Å². The quantitative estimate of drug-likeness (QED) is 0.364. The van der Waals surface area contributed by atoms with Crippen LogP contribution in [0.4, 0.5) is 19.0 Å². The highest BCUT2D eigenvalue weighted by Gasteiger charge is 2.41. The van der Waals surface area contributed by atoms with Crippen LogP contribution >= 0.6 is 0 Å². The number of hydrogen-bond acceptors (Lipinski definition) is 7. The molecule has 2 fully saturated rings. The molecule has 7 rings (SSSR count). The predicted molar refractivity (Wildman–Crippen MR) is 164 cm³/mol. The fraction of sp³-hybridized carbons (Fsp3) is 0.594. The Morgan fingerprint density at radius 2 is 1.68 bits per heavy atom. The first-order chi connectivity index (χ1) is 21.0. The van der Waals surface area contributed by atoms with Gasteiger partial charge in [0.15, 0.2) is 0 Å². The lowest BCUT2D eigenvalue weighted by molar-refractivity contribution is -0.0592. The van der Waals surface area contributed by atoms with Crippen molar-refractivity contribution in [3.63, 3.8) is 0 Å². The van der Waals surface area contributed by atoms with Gasteiger partial charge in [0, 0.05) is 37.2 Å². The van der Waals surface area contributed by atoms with E-state index in [1.165, 1.54) is 24.5 Å². The van der Waals surface area contributed by atoms with Crippen molar-refractivity contribution >= 4 is 26.7 Å². The van der Waals surface area contributed by atoms with Gasteiger partial charge in [-0.25, -0.2) is 31.6 Å². The minimum absolute atomic E-state index is 0.0288. The molecule has 1 aromatic carbocycles. The summed E-state index contributed by atoms with van der Waals surface area (Å²) in [7, 11) is -3.13. The lowest BCUT2D eigenvalue weighted by Gasteiger charge is -2.41. The van der Waals surface area contributed by atoms with Crippen LogP contribution in [-0.2, 0) is 22.3 Å². The number of nitrogens with zero attached hydrogens (tertiary/aromatic N) is 4. The van der Waals surface area contributed by atoms with Crippen LogP contribution in [0.3, 0.4) is 0 Å². The molecule has 12 heteroatoms. The Kier molecular flexibility index (Phi) is 8.76. The second-order valence-corrected chi connectivity index (χ2v) is 15.1. The summed E-state index contributed by atoms with van der Waals surface area (Å²) in [6.07, 6.45) is 6.37. The van der Waals surface area contributed by atoms with Gasteiger partial charge in [-0.05, 0) is 57.1 Å². The molecule has 44 heavy (non-hydrogen) atoms. The van der Waals surface area contributed by atoms with Gasteiger partial charge in [0.1, 0.15) is 33.4 Å². The van der Waals surface area contributed by atoms with Crippen molar-refractivity contribution in [2.75, 3.05) is 36.5 Å². The minimum Gasteiger partial charge on any atom is -0.363 e. The van der Waals surface area contributed by atoms with Gasteiger partial charge in [0.25, 0.3) is 11.5 Å². The molecule has 2 saturated heterocycles. The number of anilines is 1. The Morgan fingerprint density at radius 1 is 0.977 bits per heavy atom. The summed E-state index contributed by atoms with van der Waals surface area (Å²) >= 11 is 0. The maximum atomic E-state index is 15.8. The first-order valence-electron chi connectivity index (χ1n) is 15.8. The molecule has 4 aliphatic rings. The average Bonchev–Trinajstić information content (AvgIpc) is 2.95. The first kappa shape index (κ1) is 31.0. The van der Waals surface area contributed by atoms with Crippen molar-refractivity contribution in [2.45, 2.75) is 82.7 Å². The molecule has 8 bridgehead atoms. The van der Waals surface area contributed by atoms with Crippen molar-refractivity contribution in [3.05, 3.63) is 63.5 Å². The number of aryl methyl sites for hydroxylation is 1. The third kappa shape index (κ3) is 6.38. The van der Waals surface area contributed by atoms with Crippen molar-refractivity contribution in [1.82, 2.24) is 19.4 Å². The largest absolute Gasteiger partial charge is 0.363 e. The van der Waals surface area contributed by atoms with Crippen LogP contribution in [0.1, 0.15) is 86.9 Å². The molecule has 0 amide bonds. The lowest BCUT2D eigenvalue weighted by Crippen LogP contribution is -2.48. The van der Waals surface area contributed by atoms with E-state index in [0.29, 0.717) is 54.9 Å². The zero-order chi connectivity index (χ0) is 31.1. The van der Waals surface area contributed by atoms with Gasteiger partial charge in [-0.3, -0.25) is 9.36 Å². The fourth-order valence-corrected chi connectivity index (χ4v) is 8.56. The molecule has 1 N–H and O–H groups in total. The van der Waals surface area contributed by atoms with Crippen LogP contribution in [0.5, 0.6) is 0 Å². The normalized spacial score (nSPS) is 26.3. The van der Waals surface area contributed by atoms with Crippen molar-refractivity contribution in [1.29, 1.82) is 0 Å². The number of halogens is 3. The SMILES string of the molecule is C[C@H]1Nc2ncnc3c2cc(C2CCS(=O)(=O)CC2)c(=O)n3CCCCCCCN2CC(C2)CC(F)(F)c2cccc1c2F. The summed E-state index contributed by atoms with van der Waals surface area (Å²) in [6.45, 7) is 4.21. The number of sulfone groups is 1. The fourth-order valence-electron chi connectivity index (χ4n) is 7.07. The van der Waals surface area contributed by atoms with Crippen LogP contribution in [0.25, 0.3) is 11.0 Å². The summed E-state index contributed by atoms with van der Waals surface area (Å²) in [5, 5.41) is 3.77. The van der Waals surface area contributed by atoms with E-state index in [2.05, 4.69) is 20.2 Å². The Morgan fingerprint density at radius 3 is 2.43 bits per heavy atom. The number of aromatic nitrogens is 3. The van der Waals surface area contributed by atoms with Crippen LogP contribution in [0.15, 0.2) is 35.4 Å². The number of alkyl halides is 2. The zero-order valence-electron chi connectivity index (χ0n) is 25.1. The van der Waals surface area contributed by atoms with Crippen LogP contribution in [-0.4, -0.2) is 59.0 Å². The summed E-state index contributed by atoms with van der Waals surface area (Å²) in [6, 6.07) is 5.16. The highest BCUT2D eigenvalue weighted by atomic mass is 32.2. The third-order valence-electron chi connectivity index (χ3n) is 9.58. The van der Waals surface area contributed by atoms with E-state index < -0.39 is 33.2 Å². The highest BCUT2D eigenvalue weighted by molar-refractivity contribution is 7.91. The van der Waals surface area contributed by atoms with Gasteiger partial charge in [-0.2, -0.15) is 0 Å². The Labute approximate surface area is 256 Å². The molecule has 0 spiro atoms. The molecule has 0 radical (unpaired) electrons. The molecule has 0 aliphatic carbocycles. The Hall–Kier alpha value is -2.99. The number of rotatable bonds is 1. The topological polar surface area (TPSA) is 97.2 Å². The van der Waals surface area contributed by atoms with Gasteiger partial charge in [0.05, 0.1) is 28.5 Å². The predicted octanol–water partition coefficient (Wildman–Crippen LogP) is 5.77. The number of pyridine rings is 1. The molecule has 0 unspecified atom stereocenters. The number of nitrogens with one attached hydrogen (secondary N) is 1. The highest BCUT2D eigenvalue weighted by Crippen LogP contribution is 2.40. The summed E-state index contributed by atoms with van der Waals surface area (Å²) in [5.74, 6) is -4.21. The van der Waals surface area contributed by atoms with E-state index in [-0.39, 0.29) is 40.9 Å². The number of benzene rings is 1. The third-order valence-corrected chi connectivity index (χ3v) is 11.3. The second-order valence-electron chi connectivity index (χ2n) is 12.8. The first-order valence-corrected chi connectivity index (χ1v) is 17.6. The minimum atomic E-state index is -3.30. The van der Waals surface area contributed by atoms with E-state index in [9.17, 15) is 13.2 Å². The van der Waals surface area contributed by atoms with Gasteiger partial charge < -0.3 is 10.2 Å². The summed E-state index contributed by atoms with van der Waals surface area (Å²) in [5.41, 5.74) is 0.291. The van der Waals surface area contributed by atoms with Crippen molar-refractivity contribution < 1.29 is 21.6 Å². The molecule has 238 valence electrons. The maximum absolute atomic E-state index is 15.8. The number of hydrogen-bond donors (Lipinski definition) is 1. The molecular weight excluding hydrogens is 591 g/mol. The van der Waals surface area contributed by atoms with E-state index in [1.807, 2.05) is 0 Å². The lowest BCUT2D eigenvalue weighted by atomic mass is 9.88. The van der Waals surface area contributed by atoms with Crippen molar-refractivity contribution in [3.8, 4) is 0 Å². The molecule has 6 heterocycles.